The van der Waals surface area contributed by atoms with E-state index in [1.165, 1.54) is 38.8 Å². The number of fused-ring (bicyclic) bond motifs is 1. The molecular weight excluding hydrogens is 438 g/mol. The molecule has 0 heterocycles. The van der Waals surface area contributed by atoms with Gasteiger partial charge in [-0.1, -0.05) is 84.9 Å². The van der Waals surface area contributed by atoms with Crippen LogP contribution in [0.25, 0.3) is 22.9 Å². The average Bonchev–Trinajstić information content (AvgIpc) is 3.26. The predicted molar refractivity (Wildman–Crippen MR) is 146 cm³/mol. The molecule has 1 atom stereocenters. The number of hydrogen-bond acceptors (Lipinski definition) is 1. The van der Waals surface area contributed by atoms with Crippen molar-refractivity contribution >= 4 is 47.0 Å². The fourth-order valence-corrected chi connectivity index (χ4v) is 5.31. The summed E-state index contributed by atoms with van der Waals surface area (Å²) in [5.41, 5.74) is 8.87. The lowest BCUT2D eigenvalue weighted by molar-refractivity contribution is 0.525. The first-order valence-electron chi connectivity index (χ1n) is 11.8. The molecule has 4 aromatic rings. The molecule has 0 spiro atoms. The van der Waals surface area contributed by atoms with E-state index in [0.717, 1.165) is 36.8 Å². The molecule has 2 aliphatic carbocycles. The van der Waals surface area contributed by atoms with Crippen LogP contribution >= 0.6 is 12.4 Å². The van der Waals surface area contributed by atoms with Crippen molar-refractivity contribution in [3.63, 3.8) is 0 Å². The smallest absolute Gasteiger partial charge is 0.193 e. The van der Waals surface area contributed by atoms with Crippen LogP contribution in [-0.4, -0.2) is 5.96 Å². The Morgan fingerprint density at radius 2 is 1.68 bits per heavy atom. The van der Waals surface area contributed by atoms with Crippen LogP contribution in [-0.2, 0) is 12.8 Å². The molecule has 0 radical (unpaired) electrons. The highest BCUT2D eigenvalue weighted by Gasteiger charge is 2.22. The summed E-state index contributed by atoms with van der Waals surface area (Å²) >= 11 is 0. The molecule has 3 N–H and O–H groups in total. The fraction of sp³-hybridized carbons (Fsp3) is 0.167. The van der Waals surface area contributed by atoms with E-state index in [1.807, 2.05) is 0 Å². The topological polar surface area (TPSA) is 47.9 Å². The number of guanidine groups is 1. The first-order valence-corrected chi connectivity index (χ1v) is 11.8. The SMILES string of the molecule is Cl.N=C(Nc1ccc2c3c(cccc13)C=C2)NC1CCCc2ccc(Cc3ccccc3)cc21. The zero-order valence-electron chi connectivity index (χ0n) is 19.0. The maximum atomic E-state index is 8.70. The number of anilines is 1. The van der Waals surface area contributed by atoms with E-state index >= 15 is 0 Å². The van der Waals surface area contributed by atoms with E-state index in [2.05, 4.69) is 102 Å². The zero-order chi connectivity index (χ0) is 22.2. The maximum absolute atomic E-state index is 8.70. The molecule has 0 saturated carbocycles. The van der Waals surface area contributed by atoms with Gasteiger partial charge in [-0.15, -0.1) is 12.4 Å². The molecule has 170 valence electrons. The summed E-state index contributed by atoms with van der Waals surface area (Å²) in [6, 6.07) is 28.3. The van der Waals surface area contributed by atoms with Crippen molar-refractivity contribution in [2.24, 2.45) is 0 Å². The number of aryl methyl sites for hydroxylation is 1. The van der Waals surface area contributed by atoms with Crippen LogP contribution in [0.1, 0.15) is 52.3 Å². The molecule has 0 aromatic heterocycles. The lowest BCUT2D eigenvalue weighted by Gasteiger charge is -2.28. The van der Waals surface area contributed by atoms with Crippen molar-refractivity contribution < 1.29 is 0 Å². The minimum atomic E-state index is 0. The summed E-state index contributed by atoms with van der Waals surface area (Å²) in [6.45, 7) is 0. The highest BCUT2D eigenvalue weighted by Crippen LogP contribution is 2.36. The van der Waals surface area contributed by atoms with Gasteiger partial charge in [0.25, 0.3) is 0 Å². The van der Waals surface area contributed by atoms with Gasteiger partial charge in [0.05, 0.1) is 6.04 Å². The van der Waals surface area contributed by atoms with Crippen molar-refractivity contribution in [3.8, 4) is 0 Å². The summed E-state index contributed by atoms with van der Waals surface area (Å²) in [6.07, 6.45) is 8.56. The van der Waals surface area contributed by atoms with Crippen molar-refractivity contribution in [2.75, 3.05) is 5.32 Å². The van der Waals surface area contributed by atoms with E-state index in [4.69, 9.17) is 5.41 Å². The third-order valence-electron chi connectivity index (χ3n) is 6.90. The molecule has 4 aromatic carbocycles. The van der Waals surface area contributed by atoms with Gasteiger partial charge in [0.15, 0.2) is 5.96 Å². The van der Waals surface area contributed by atoms with Crippen LogP contribution in [0.2, 0.25) is 0 Å². The molecule has 1 unspecified atom stereocenters. The second kappa shape index (κ2) is 9.36. The standard InChI is InChI=1S/C30H27N3.ClH/c31-30(33-28-17-16-24-15-14-23-9-4-10-25(28)29(23)24)32-27-11-5-8-22-13-12-21(19-26(22)27)18-20-6-2-1-3-7-20;/h1-4,6-7,9-10,12-17,19,27H,5,8,11,18H2,(H3,31,32,33);1H. The number of nitrogens with one attached hydrogen (secondary N) is 3. The first-order chi connectivity index (χ1) is 16.2. The molecule has 34 heavy (non-hydrogen) atoms. The monoisotopic (exact) mass is 465 g/mol. The molecule has 6 rings (SSSR count). The Morgan fingerprint density at radius 1 is 0.853 bits per heavy atom. The summed E-state index contributed by atoms with van der Waals surface area (Å²) in [7, 11) is 0. The van der Waals surface area contributed by atoms with Crippen LogP contribution in [0, 0.1) is 5.41 Å². The van der Waals surface area contributed by atoms with Crippen molar-refractivity contribution in [2.45, 2.75) is 31.7 Å². The van der Waals surface area contributed by atoms with Gasteiger partial charge in [0.1, 0.15) is 0 Å². The zero-order valence-corrected chi connectivity index (χ0v) is 19.8. The van der Waals surface area contributed by atoms with Crippen molar-refractivity contribution in [1.29, 1.82) is 5.41 Å². The molecule has 2 aliphatic rings. The minimum Gasteiger partial charge on any atom is -0.349 e. The van der Waals surface area contributed by atoms with Gasteiger partial charge in [0.2, 0.25) is 0 Å². The molecule has 0 amide bonds. The van der Waals surface area contributed by atoms with E-state index < -0.39 is 0 Å². The number of halogens is 1. The van der Waals surface area contributed by atoms with E-state index in [-0.39, 0.29) is 18.4 Å². The van der Waals surface area contributed by atoms with Gasteiger partial charge in [-0.2, -0.15) is 0 Å². The average molecular weight is 466 g/mol. The van der Waals surface area contributed by atoms with Gasteiger partial charge in [-0.3, -0.25) is 5.41 Å². The highest BCUT2D eigenvalue weighted by molar-refractivity contribution is 6.11. The summed E-state index contributed by atoms with van der Waals surface area (Å²) < 4.78 is 0. The third-order valence-corrected chi connectivity index (χ3v) is 6.90. The van der Waals surface area contributed by atoms with Crippen LogP contribution < -0.4 is 10.6 Å². The van der Waals surface area contributed by atoms with Crippen LogP contribution in [0.5, 0.6) is 0 Å². The predicted octanol–water partition coefficient (Wildman–Crippen LogP) is 7.35. The molecule has 0 bridgehead atoms. The Bertz CT molecular complexity index is 1380. The highest BCUT2D eigenvalue weighted by atomic mass is 35.5. The fourth-order valence-electron chi connectivity index (χ4n) is 5.31. The molecule has 0 saturated heterocycles. The lowest BCUT2D eigenvalue weighted by atomic mass is 9.86. The second-order valence-electron chi connectivity index (χ2n) is 9.09. The Kier molecular flexibility index (Phi) is 6.12. The molecular formula is C30H28ClN3. The lowest BCUT2D eigenvalue weighted by Crippen LogP contribution is -2.35. The van der Waals surface area contributed by atoms with Crippen molar-refractivity contribution in [1.82, 2.24) is 5.32 Å². The molecule has 0 fully saturated rings. The molecule has 4 heteroatoms. The Balaban J connectivity index is 0.00000241. The normalized spacial score (nSPS) is 15.5. The van der Waals surface area contributed by atoms with E-state index in [0.29, 0.717) is 5.96 Å². The maximum Gasteiger partial charge on any atom is 0.193 e. The first kappa shape index (κ1) is 22.2. The Morgan fingerprint density at radius 3 is 2.53 bits per heavy atom. The molecule has 3 nitrogen and oxygen atoms in total. The van der Waals surface area contributed by atoms with Gasteiger partial charge in [-0.05, 0) is 70.5 Å². The van der Waals surface area contributed by atoms with Gasteiger partial charge >= 0.3 is 0 Å². The van der Waals surface area contributed by atoms with Crippen LogP contribution in [0.15, 0.2) is 78.9 Å². The second-order valence-corrected chi connectivity index (χ2v) is 9.09. The van der Waals surface area contributed by atoms with Gasteiger partial charge in [-0.25, -0.2) is 0 Å². The number of benzene rings is 4. The number of rotatable bonds is 4. The Hall–Kier alpha value is -3.56. The van der Waals surface area contributed by atoms with Gasteiger partial charge < -0.3 is 10.6 Å². The minimum absolute atomic E-state index is 0. The number of hydrogen-bond donors (Lipinski definition) is 3. The van der Waals surface area contributed by atoms with E-state index in [1.54, 1.807) is 0 Å². The van der Waals surface area contributed by atoms with Crippen molar-refractivity contribution in [3.05, 3.63) is 112 Å². The largest absolute Gasteiger partial charge is 0.349 e. The molecule has 0 aliphatic heterocycles. The van der Waals surface area contributed by atoms with Crippen LogP contribution in [0.4, 0.5) is 5.69 Å². The van der Waals surface area contributed by atoms with E-state index in [9.17, 15) is 0 Å². The summed E-state index contributed by atoms with van der Waals surface area (Å²) in [5.74, 6) is 0.355. The third kappa shape index (κ3) is 4.20. The Labute approximate surface area is 206 Å². The summed E-state index contributed by atoms with van der Waals surface area (Å²) in [5, 5.41) is 18.0. The quantitative estimate of drug-likeness (QED) is 0.192. The van der Waals surface area contributed by atoms with Gasteiger partial charge in [0, 0.05) is 11.1 Å². The summed E-state index contributed by atoms with van der Waals surface area (Å²) in [4.78, 5) is 0. The van der Waals surface area contributed by atoms with Crippen LogP contribution in [0.3, 0.4) is 0 Å².